The largest absolute Gasteiger partial charge is 0.491 e. The number of nitrogens with zero attached hydrogens (tertiary/aromatic N) is 1. The van der Waals surface area contributed by atoms with Crippen LogP contribution in [0.15, 0.2) is 12.3 Å². The van der Waals surface area contributed by atoms with Gasteiger partial charge in [-0.25, -0.2) is 9.59 Å². The molecule has 0 aromatic rings. The number of Topliss-reactive ketones (excluding diaryl/α,β-unsaturated/α-hetero) is 1. The van der Waals surface area contributed by atoms with Crippen LogP contribution in [0.5, 0.6) is 0 Å². The van der Waals surface area contributed by atoms with Crippen LogP contribution in [0, 0.1) is 23.7 Å². The highest BCUT2D eigenvalue weighted by Crippen LogP contribution is 2.43. The number of cyclic esters (lactones) is 1. The number of aliphatic hydroxyl groups is 1. The molecule has 4 rings (SSSR count). The first-order chi connectivity index (χ1) is 28.0. The number of fused-ring (bicyclic) bond motifs is 1. The molecule has 0 aromatic carbocycles. The van der Waals surface area contributed by atoms with Crippen molar-refractivity contribution in [2.45, 2.75) is 179 Å². The van der Waals surface area contributed by atoms with Crippen LogP contribution >= 0.6 is 0 Å². The van der Waals surface area contributed by atoms with Crippen molar-refractivity contribution in [2.75, 3.05) is 35.4 Å². The Labute approximate surface area is 355 Å². The number of alkyl carbamates (subject to hydrolysis) is 1. The van der Waals surface area contributed by atoms with Crippen molar-refractivity contribution >= 4 is 23.8 Å². The second-order valence-corrected chi connectivity index (χ2v) is 18.1. The molecule has 2 N–H and O–H groups in total. The summed E-state index contributed by atoms with van der Waals surface area (Å²) < 4.78 is 62.2. The van der Waals surface area contributed by atoms with Crippen LogP contribution in [0.4, 0.5) is 4.79 Å². The van der Waals surface area contributed by atoms with Crippen LogP contribution in [0.1, 0.15) is 94.9 Å². The predicted molar refractivity (Wildman–Crippen MR) is 216 cm³/mol. The second-order valence-electron chi connectivity index (χ2n) is 18.1. The van der Waals surface area contributed by atoms with Gasteiger partial charge in [-0.2, -0.15) is 0 Å². The minimum absolute atomic E-state index is 0.117. The Morgan fingerprint density at radius 3 is 2.15 bits per heavy atom. The van der Waals surface area contributed by atoms with Crippen LogP contribution < -0.4 is 5.32 Å². The first kappa shape index (κ1) is 49.8. The lowest BCUT2D eigenvalue weighted by Gasteiger charge is -2.50. The molecule has 0 radical (unpaired) electrons. The maximum atomic E-state index is 14.6. The number of nitrogens with one attached hydrogen (secondary N) is 1. The summed E-state index contributed by atoms with van der Waals surface area (Å²) in [6.45, 7) is 17.9. The molecular formula is C43H72N2O15. The van der Waals surface area contributed by atoms with Gasteiger partial charge in [0.1, 0.15) is 18.0 Å². The topological polar surface area (TPSA) is 196 Å². The van der Waals surface area contributed by atoms with Gasteiger partial charge in [0.05, 0.1) is 73.1 Å². The fraction of sp³-hybridized carbons (Fsp3) is 0.860. The van der Waals surface area contributed by atoms with Crippen molar-refractivity contribution < 1.29 is 71.7 Å². The lowest BCUT2D eigenvalue weighted by atomic mass is 9.73. The van der Waals surface area contributed by atoms with Gasteiger partial charge in [-0.05, 0) is 74.9 Å². The lowest BCUT2D eigenvalue weighted by Crippen LogP contribution is -2.61. The maximum Gasteiger partial charge on any atom is 0.408 e. The number of likely N-dealkylation sites (N-methyl/N-ethyl adjacent to an activating group) is 1. The smallest absolute Gasteiger partial charge is 0.408 e. The number of hydrogen-bond donors (Lipinski definition) is 2. The molecule has 4 aliphatic heterocycles. The molecule has 17 heteroatoms. The van der Waals surface area contributed by atoms with E-state index in [-0.39, 0.29) is 37.2 Å². The van der Waals surface area contributed by atoms with Crippen molar-refractivity contribution in [2.24, 2.45) is 23.7 Å². The molecule has 0 unspecified atom stereocenters. The molecule has 4 heterocycles. The zero-order valence-corrected chi connectivity index (χ0v) is 38.3. The second kappa shape index (κ2) is 20.1. The monoisotopic (exact) mass is 856 g/mol. The Bertz CT molecular complexity index is 1530. The molecule has 60 heavy (non-hydrogen) atoms. The van der Waals surface area contributed by atoms with Gasteiger partial charge in [0.25, 0.3) is 0 Å². The molecule has 0 spiro atoms. The van der Waals surface area contributed by atoms with Crippen molar-refractivity contribution in [1.29, 1.82) is 0 Å². The Hall–Kier alpha value is -2.90. The lowest BCUT2D eigenvalue weighted by molar-refractivity contribution is -0.319. The molecule has 1 amide bonds. The molecule has 344 valence electrons. The van der Waals surface area contributed by atoms with Gasteiger partial charge in [0.2, 0.25) is 0 Å². The van der Waals surface area contributed by atoms with Crippen molar-refractivity contribution in [3.8, 4) is 0 Å². The number of carbonyl (C=O) groups excluding carboxylic acids is 4. The quantitative estimate of drug-likeness (QED) is 0.131. The number of methoxy groups -OCH3 is 3. The number of ketones is 1. The average molecular weight is 857 g/mol. The van der Waals surface area contributed by atoms with Gasteiger partial charge in [-0.3, -0.25) is 9.59 Å². The molecule has 0 aromatic heterocycles. The normalized spacial score (nSPS) is 44.7. The molecule has 17 nitrogen and oxygen atoms in total. The minimum atomic E-state index is -1.38. The Morgan fingerprint density at radius 1 is 0.917 bits per heavy atom. The van der Waals surface area contributed by atoms with E-state index in [0.717, 1.165) is 0 Å². The number of esters is 2. The molecule has 0 bridgehead atoms. The molecule has 0 aliphatic carbocycles. The summed E-state index contributed by atoms with van der Waals surface area (Å²) in [6.07, 6.45) is -4.89. The zero-order chi connectivity index (χ0) is 45.1. The first-order valence-electron chi connectivity index (χ1n) is 21.2. The summed E-state index contributed by atoms with van der Waals surface area (Å²) in [5, 5.41) is 13.9. The van der Waals surface area contributed by atoms with Gasteiger partial charge in [-0.15, -0.1) is 0 Å². The van der Waals surface area contributed by atoms with Crippen LogP contribution in [0.25, 0.3) is 0 Å². The van der Waals surface area contributed by atoms with E-state index in [2.05, 4.69) is 5.32 Å². The Kier molecular flexibility index (Phi) is 16.6. The fourth-order valence-electron chi connectivity index (χ4n) is 9.72. The van der Waals surface area contributed by atoms with E-state index in [1.54, 1.807) is 34.6 Å². The maximum absolute atomic E-state index is 14.6. The van der Waals surface area contributed by atoms with E-state index in [4.69, 9.17) is 47.4 Å². The summed E-state index contributed by atoms with van der Waals surface area (Å²) in [7, 11) is 8.14. The number of ether oxygens (including phenoxy) is 10. The third-order valence-electron chi connectivity index (χ3n) is 13.5. The van der Waals surface area contributed by atoms with E-state index in [1.165, 1.54) is 33.7 Å². The fourth-order valence-corrected chi connectivity index (χ4v) is 9.72. The predicted octanol–water partition coefficient (Wildman–Crippen LogP) is 3.91. The summed E-state index contributed by atoms with van der Waals surface area (Å²) >= 11 is 0. The van der Waals surface area contributed by atoms with Crippen LogP contribution in [-0.4, -0.2) is 153 Å². The minimum Gasteiger partial charge on any atom is -0.491 e. The SMILES string of the molecule is CC[C@H]1OC(=O)[C@H](C)[C@@H](O[C@H]2C[C@@](C)(OC)[C@@H](O)[C@H](C)O2)[C@H](C)[C@@H](O[C@@H]2O[C@H](C)C[C@H](N(C)C)[C@H]2O/C=C/C(=O)OC)[C@@](C)(OC)C[C@@H](C)C(=O)[C@H](C)[C@H]2NC(=O)O[C@@]21C. The van der Waals surface area contributed by atoms with E-state index in [0.29, 0.717) is 6.42 Å². The van der Waals surface area contributed by atoms with Gasteiger partial charge in [-0.1, -0.05) is 27.7 Å². The van der Waals surface area contributed by atoms with Crippen molar-refractivity contribution in [3.05, 3.63) is 12.3 Å². The molecule has 4 fully saturated rings. The van der Waals surface area contributed by atoms with Gasteiger partial charge < -0.3 is 62.7 Å². The van der Waals surface area contributed by atoms with Crippen molar-refractivity contribution in [1.82, 2.24) is 10.2 Å². The van der Waals surface area contributed by atoms with Crippen LogP contribution in [0.2, 0.25) is 0 Å². The first-order valence-corrected chi connectivity index (χ1v) is 21.2. The number of carbonyl (C=O) groups is 4. The molecule has 18 atom stereocenters. The third kappa shape index (κ3) is 10.5. The third-order valence-corrected chi connectivity index (χ3v) is 13.5. The summed E-state index contributed by atoms with van der Waals surface area (Å²) in [4.78, 5) is 56.1. The van der Waals surface area contributed by atoms with Crippen LogP contribution in [0.3, 0.4) is 0 Å². The number of amides is 1. The summed E-state index contributed by atoms with van der Waals surface area (Å²) in [5.41, 5.74) is -3.70. The summed E-state index contributed by atoms with van der Waals surface area (Å²) in [5.74, 6) is -4.55. The van der Waals surface area contributed by atoms with Crippen molar-refractivity contribution in [3.63, 3.8) is 0 Å². The molecule has 4 saturated heterocycles. The van der Waals surface area contributed by atoms with E-state index < -0.39 is 114 Å². The number of rotatable bonds is 11. The highest BCUT2D eigenvalue weighted by Gasteiger charge is 2.58. The average Bonchev–Trinajstić information content (AvgIpc) is 3.52. The summed E-state index contributed by atoms with van der Waals surface area (Å²) in [6, 6.07) is -1.07. The van der Waals surface area contributed by atoms with E-state index in [9.17, 15) is 24.3 Å². The zero-order valence-electron chi connectivity index (χ0n) is 38.3. The van der Waals surface area contributed by atoms with Crippen LogP contribution in [-0.2, 0) is 61.8 Å². The van der Waals surface area contributed by atoms with Gasteiger partial charge >= 0.3 is 18.0 Å². The molecular weight excluding hydrogens is 784 g/mol. The Balaban J connectivity index is 1.91. The molecule has 0 saturated carbocycles. The van der Waals surface area contributed by atoms with E-state index in [1.807, 2.05) is 53.6 Å². The Morgan fingerprint density at radius 2 is 1.57 bits per heavy atom. The van der Waals surface area contributed by atoms with Gasteiger partial charge in [0, 0.05) is 38.4 Å². The standard InChI is InChI=1S/C43H72N2O15/c1-16-29-43(10)35(44-40(50)60-43)24(4)32(47)22(2)20-42(9,53-15)37(59-39-34(54-18-17-30(46)51-13)28(45(11)12)19-23(3)55-39)25(5)33(26(6)38(49)57-29)58-31-21-41(8,52-14)36(48)27(7)56-31/h17-18,22-29,31,33-37,39,48H,16,19-21H2,1-15H3,(H,44,50)/b18-17+/t22-,23-,24+,25+,26-,27+,28+,29-,31+,33+,34-,35-,36+,37-,39+,41-,42+,43-/m1/s1. The van der Waals surface area contributed by atoms with E-state index >= 15 is 0 Å². The number of hydrogen-bond acceptors (Lipinski definition) is 16. The highest BCUT2D eigenvalue weighted by atomic mass is 16.7. The molecule has 4 aliphatic rings. The van der Waals surface area contributed by atoms with Gasteiger partial charge in [0.15, 0.2) is 24.3 Å². The highest BCUT2D eigenvalue weighted by molar-refractivity contribution is 5.85. The number of aliphatic hydroxyl groups excluding tert-OH is 1.